The van der Waals surface area contributed by atoms with Crippen molar-refractivity contribution in [3.05, 3.63) is 0 Å². The van der Waals surface area contributed by atoms with Gasteiger partial charge in [-0.3, -0.25) is 0 Å². The molecular formula is C10H19N5O2S. The van der Waals surface area contributed by atoms with Crippen LogP contribution in [0.3, 0.4) is 0 Å². The van der Waals surface area contributed by atoms with Gasteiger partial charge < -0.3 is 10.6 Å². The maximum absolute atomic E-state index is 11.5. The summed E-state index contributed by atoms with van der Waals surface area (Å²) in [4.78, 5) is 11.9. The van der Waals surface area contributed by atoms with Crippen LogP contribution in [0.5, 0.6) is 0 Å². The third-order valence-corrected chi connectivity index (χ3v) is 2.63. The molecule has 0 aliphatic heterocycles. The third-order valence-electron chi connectivity index (χ3n) is 1.78. The SMILES string of the molecule is CC(C)Nc1nc(NC(C)C)nc(S(C)(=O)=O)n1. The van der Waals surface area contributed by atoms with Gasteiger partial charge in [0.2, 0.25) is 21.7 Å². The minimum atomic E-state index is -3.46. The molecule has 2 N–H and O–H groups in total. The molecule has 1 rings (SSSR count). The van der Waals surface area contributed by atoms with Gasteiger partial charge in [0.25, 0.3) is 5.16 Å². The first-order valence-electron chi connectivity index (χ1n) is 5.67. The predicted octanol–water partition coefficient (Wildman–Crippen LogP) is 0.916. The fourth-order valence-corrected chi connectivity index (χ4v) is 1.67. The number of rotatable bonds is 5. The number of anilines is 2. The van der Waals surface area contributed by atoms with E-state index >= 15 is 0 Å². The summed E-state index contributed by atoms with van der Waals surface area (Å²) in [6, 6.07) is 0.207. The zero-order chi connectivity index (χ0) is 13.9. The van der Waals surface area contributed by atoms with Crippen molar-refractivity contribution in [3.8, 4) is 0 Å². The third kappa shape index (κ3) is 4.44. The van der Waals surface area contributed by atoms with Crippen LogP contribution in [-0.2, 0) is 9.84 Å². The molecule has 0 aliphatic rings. The Hall–Kier alpha value is -1.44. The van der Waals surface area contributed by atoms with Gasteiger partial charge in [-0.15, -0.1) is 0 Å². The molecule has 0 unspecified atom stereocenters. The van der Waals surface area contributed by atoms with Crippen LogP contribution in [0.2, 0.25) is 0 Å². The van der Waals surface area contributed by atoms with Crippen molar-refractivity contribution < 1.29 is 8.42 Å². The van der Waals surface area contributed by atoms with Gasteiger partial charge >= 0.3 is 0 Å². The lowest BCUT2D eigenvalue weighted by Gasteiger charge is -2.12. The summed E-state index contributed by atoms with van der Waals surface area (Å²) in [5.74, 6) is 0.507. The summed E-state index contributed by atoms with van der Waals surface area (Å²) in [5, 5.41) is 5.70. The van der Waals surface area contributed by atoms with E-state index < -0.39 is 9.84 Å². The van der Waals surface area contributed by atoms with Crippen LogP contribution in [0.4, 0.5) is 11.9 Å². The highest BCUT2D eigenvalue weighted by Gasteiger charge is 2.16. The van der Waals surface area contributed by atoms with Gasteiger partial charge in [-0.1, -0.05) is 0 Å². The highest BCUT2D eigenvalue weighted by atomic mass is 32.2. The van der Waals surface area contributed by atoms with Crippen LogP contribution in [0.25, 0.3) is 0 Å². The second-order valence-electron chi connectivity index (χ2n) is 4.64. The number of nitrogens with one attached hydrogen (secondary N) is 2. The Balaban J connectivity index is 3.20. The first kappa shape index (κ1) is 14.6. The number of hydrogen-bond acceptors (Lipinski definition) is 7. The molecule has 0 aliphatic carbocycles. The molecule has 0 radical (unpaired) electrons. The Labute approximate surface area is 107 Å². The minimum absolute atomic E-state index is 0.103. The zero-order valence-electron chi connectivity index (χ0n) is 11.2. The molecule has 1 heterocycles. The fraction of sp³-hybridized carbons (Fsp3) is 0.700. The predicted molar refractivity (Wildman–Crippen MR) is 70.5 cm³/mol. The highest BCUT2D eigenvalue weighted by molar-refractivity contribution is 7.90. The lowest BCUT2D eigenvalue weighted by molar-refractivity contribution is 0.591. The van der Waals surface area contributed by atoms with E-state index in [1.54, 1.807) is 0 Å². The number of nitrogens with zero attached hydrogens (tertiary/aromatic N) is 3. The second kappa shape index (κ2) is 5.47. The van der Waals surface area contributed by atoms with Gasteiger partial charge in [-0.05, 0) is 27.7 Å². The van der Waals surface area contributed by atoms with Gasteiger partial charge in [0.05, 0.1) is 0 Å². The van der Waals surface area contributed by atoms with Gasteiger partial charge in [0, 0.05) is 18.3 Å². The molecule has 1 aromatic heterocycles. The van der Waals surface area contributed by atoms with Crippen molar-refractivity contribution in [2.24, 2.45) is 0 Å². The molecule has 0 spiro atoms. The maximum Gasteiger partial charge on any atom is 0.253 e. The second-order valence-corrected chi connectivity index (χ2v) is 6.54. The first-order chi connectivity index (χ1) is 8.18. The Bertz CT molecular complexity index is 485. The van der Waals surface area contributed by atoms with E-state index in [0.717, 1.165) is 6.26 Å². The van der Waals surface area contributed by atoms with Gasteiger partial charge in [0.1, 0.15) is 0 Å². The van der Waals surface area contributed by atoms with E-state index in [2.05, 4.69) is 25.6 Å². The molecule has 0 bridgehead atoms. The smallest absolute Gasteiger partial charge is 0.253 e. The summed E-state index contributed by atoms with van der Waals surface area (Å²) in [6.45, 7) is 7.66. The minimum Gasteiger partial charge on any atom is -0.352 e. The summed E-state index contributed by atoms with van der Waals surface area (Å²) >= 11 is 0. The van der Waals surface area contributed by atoms with Gasteiger partial charge in [0.15, 0.2) is 0 Å². The zero-order valence-corrected chi connectivity index (χ0v) is 12.0. The molecule has 7 nitrogen and oxygen atoms in total. The number of sulfone groups is 1. The monoisotopic (exact) mass is 273 g/mol. The molecule has 0 aromatic carbocycles. The Morgan fingerprint density at radius 1 is 0.889 bits per heavy atom. The van der Waals surface area contributed by atoms with E-state index in [1.807, 2.05) is 27.7 Å². The lowest BCUT2D eigenvalue weighted by atomic mass is 10.4. The van der Waals surface area contributed by atoms with E-state index in [4.69, 9.17) is 0 Å². The molecule has 0 amide bonds. The van der Waals surface area contributed by atoms with E-state index in [0.29, 0.717) is 0 Å². The average Bonchev–Trinajstić information content (AvgIpc) is 2.13. The van der Waals surface area contributed by atoms with Crippen molar-refractivity contribution >= 4 is 21.7 Å². The molecule has 1 aromatic rings. The molecule has 18 heavy (non-hydrogen) atoms. The van der Waals surface area contributed by atoms with Crippen LogP contribution in [0, 0.1) is 0 Å². The van der Waals surface area contributed by atoms with Crippen molar-refractivity contribution in [1.82, 2.24) is 15.0 Å². The van der Waals surface area contributed by atoms with Crippen molar-refractivity contribution in [1.29, 1.82) is 0 Å². The summed E-state index contributed by atoms with van der Waals surface area (Å²) in [5.41, 5.74) is 0. The van der Waals surface area contributed by atoms with E-state index in [1.165, 1.54) is 0 Å². The fourth-order valence-electron chi connectivity index (χ4n) is 1.17. The molecule has 0 saturated heterocycles. The normalized spacial score (nSPS) is 11.9. The van der Waals surface area contributed by atoms with Crippen LogP contribution in [0.15, 0.2) is 5.16 Å². The van der Waals surface area contributed by atoms with Crippen LogP contribution >= 0.6 is 0 Å². The van der Waals surface area contributed by atoms with E-state index in [9.17, 15) is 8.42 Å². The average molecular weight is 273 g/mol. The number of hydrogen-bond donors (Lipinski definition) is 2. The Morgan fingerprint density at radius 3 is 1.56 bits per heavy atom. The number of aromatic nitrogens is 3. The van der Waals surface area contributed by atoms with Crippen molar-refractivity contribution in [2.75, 3.05) is 16.9 Å². The van der Waals surface area contributed by atoms with Crippen LogP contribution in [0.1, 0.15) is 27.7 Å². The Morgan fingerprint density at radius 2 is 1.28 bits per heavy atom. The Kier molecular flexibility index (Phi) is 4.44. The maximum atomic E-state index is 11.5. The molecule has 102 valence electrons. The first-order valence-corrected chi connectivity index (χ1v) is 7.57. The summed E-state index contributed by atoms with van der Waals surface area (Å²) < 4.78 is 23.0. The lowest BCUT2D eigenvalue weighted by Crippen LogP contribution is -2.19. The molecule has 0 saturated carbocycles. The molecule has 0 fully saturated rings. The van der Waals surface area contributed by atoms with Crippen LogP contribution in [-0.4, -0.2) is 41.7 Å². The summed E-state index contributed by atoms with van der Waals surface area (Å²) in [7, 11) is -3.46. The topological polar surface area (TPSA) is 96.9 Å². The quantitative estimate of drug-likeness (QED) is 0.823. The molecule has 0 atom stereocenters. The van der Waals surface area contributed by atoms with Crippen molar-refractivity contribution in [2.45, 2.75) is 44.9 Å². The standard InChI is InChI=1S/C10H19N5O2S/c1-6(2)11-8-13-9(12-7(3)4)15-10(14-8)18(5,16)17/h6-7H,1-5H3,(H2,11,12,13,14,15). The van der Waals surface area contributed by atoms with Gasteiger partial charge in [-0.25, -0.2) is 8.42 Å². The van der Waals surface area contributed by atoms with Crippen LogP contribution < -0.4 is 10.6 Å². The highest BCUT2D eigenvalue weighted by Crippen LogP contribution is 2.11. The van der Waals surface area contributed by atoms with E-state index in [-0.39, 0.29) is 29.1 Å². The molecule has 8 heteroatoms. The van der Waals surface area contributed by atoms with Gasteiger partial charge in [-0.2, -0.15) is 15.0 Å². The summed E-state index contributed by atoms with van der Waals surface area (Å²) in [6.07, 6.45) is 1.07. The largest absolute Gasteiger partial charge is 0.352 e. The van der Waals surface area contributed by atoms with Crippen molar-refractivity contribution in [3.63, 3.8) is 0 Å². The molecular weight excluding hydrogens is 254 g/mol.